The van der Waals surface area contributed by atoms with E-state index >= 15 is 0 Å². The maximum Gasteiger partial charge on any atom is 0.167 e. The Balaban J connectivity index is 2.18. The first-order chi connectivity index (χ1) is 9.10. The lowest BCUT2D eigenvalue weighted by atomic mass is 10.0. The van der Waals surface area contributed by atoms with Crippen molar-refractivity contribution in [1.82, 2.24) is 0 Å². The van der Waals surface area contributed by atoms with Crippen molar-refractivity contribution in [3.05, 3.63) is 64.7 Å². The van der Waals surface area contributed by atoms with Gasteiger partial charge >= 0.3 is 0 Å². The fourth-order valence-electron chi connectivity index (χ4n) is 2.16. The number of hydrogen-bond acceptors (Lipinski definition) is 2. The summed E-state index contributed by atoms with van der Waals surface area (Å²) in [5.41, 5.74) is 3.95. The minimum Gasteiger partial charge on any atom is -0.496 e. The fourth-order valence-corrected chi connectivity index (χ4v) is 2.16. The highest BCUT2D eigenvalue weighted by Gasteiger charge is 2.09. The third kappa shape index (κ3) is 3.22. The molecule has 0 aliphatic heterocycles. The fraction of sp³-hybridized carbons (Fsp3) is 0.235. The van der Waals surface area contributed by atoms with Gasteiger partial charge in [-0.2, -0.15) is 0 Å². The van der Waals surface area contributed by atoms with Crippen LogP contribution in [0.3, 0.4) is 0 Å². The molecule has 0 atom stereocenters. The summed E-state index contributed by atoms with van der Waals surface area (Å²) in [6, 6.07) is 13.6. The van der Waals surface area contributed by atoms with Crippen LogP contribution in [0, 0.1) is 13.8 Å². The van der Waals surface area contributed by atoms with Crippen molar-refractivity contribution < 1.29 is 9.53 Å². The van der Waals surface area contributed by atoms with Crippen molar-refractivity contribution in [2.45, 2.75) is 20.3 Å². The van der Waals surface area contributed by atoms with Gasteiger partial charge in [-0.05, 0) is 43.2 Å². The molecule has 0 aliphatic rings. The monoisotopic (exact) mass is 254 g/mol. The van der Waals surface area contributed by atoms with E-state index in [-0.39, 0.29) is 5.78 Å². The Morgan fingerprint density at radius 1 is 1.11 bits per heavy atom. The van der Waals surface area contributed by atoms with Gasteiger partial charge in [-0.3, -0.25) is 4.79 Å². The van der Waals surface area contributed by atoms with Crippen molar-refractivity contribution in [1.29, 1.82) is 0 Å². The van der Waals surface area contributed by atoms with Gasteiger partial charge in [0.05, 0.1) is 7.11 Å². The molecule has 0 saturated heterocycles. The molecule has 2 aromatic rings. The molecule has 0 fully saturated rings. The Hall–Kier alpha value is -2.09. The predicted molar refractivity (Wildman–Crippen MR) is 76.9 cm³/mol. The summed E-state index contributed by atoms with van der Waals surface area (Å²) >= 11 is 0. The van der Waals surface area contributed by atoms with Gasteiger partial charge in [0.1, 0.15) is 5.75 Å². The van der Waals surface area contributed by atoms with Crippen molar-refractivity contribution in [2.24, 2.45) is 0 Å². The second kappa shape index (κ2) is 5.70. The molecule has 0 spiro atoms. The van der Waals surface area contributed by atoms with Crippen LogP contribution in [0.4, 0.5) is 0 Å². The lowest BCUT2D eigenvalue weighted by Crippen LogP contribution is -2.04. The Labute approximate surface area is 114 Å². The normalized spacial score (nSPS) is 10.3. The molecule has 2 rings (SSSR count). The number of aryl methyl sites for hydroxylation is 2. The van der Waals surface area contributed by atoms with Crippen molar-refractivity contribution in [3.8, 4) is 5.75 Å². The zero-order chi connectivity index (χ0) is 13.8. The van der Waals surface area contributed by atoms with Gasteiger partial charge in [-0.1, -0.05) is 29.8 Å². The number of ketones is 1. The zero-order valence-corrected chi connectivity index (χ0v) is 11.6. The molecule has 0 N–H and O–H groups in total. The summed E-state index contributed by atoms with van der Waals surface area (Å²) in [6.07, 6.45) is 0.438. The van der Waals surface area contributed by atoms with Crippen LogP contribution in [-0.4, -0.2) is 12.9 Å². The molecule has 0 heterocycles. The van der Waals surface area contributed by atoms with Crippen LogP contribution in [0.5, 0.6) is 5.75 Å². The third-order valence-corrected chi connectivity index (χ3v) is 3.16. The number of carbonyl (C=O) groups is 1. The number of carbonyl (C=O) groups excluding carboxylic acids is 1. The molecule has 19 heavy (non-hydrogen) atoms. The lowest BCUT2D eigenvalue weighted by Gasteiger charge is -2.07. The molecule has 0 saturated carbocycles. The predicted octanol–water partition coefficient (Wildman–Crippen LogP) is 3.74. The molecule has 98 valence electrons. The van der Waals surface area contributed by atoms with E-state index in [9.17, 15) is 4.79 Å². The van der Waals surface area contributed by atoms with E-state index in [1.807, 2.05) is 56.3 Å². The maximum atomic E-state index is 12.2. The van der Waals surface area contributed by atoms with Crippen LogP contribution < -0.4 is 4.74 Å². The van der Waals surface area contributed by atoms with E-state index < -0.39 is 0 Å². The number of rotatable bonds is 4. The van der Waals surface area contributed by atoms with E-state index in [4.69, 9.17) is 4.74 Å². The Morgan fingerprint density at radius 2 is 1.89 bits per heavy atom. The molecule has 0 aromatic heterocycles. The molecular weight excluding hydrogens is 236 g/mol. The molecule has 2 heteroatoms. The van der Waals surface area contributed by atoms with E-state index in [0.29, 0.717) is 6.42 Å². The van der Waals surface area contributed by atoms with Gasteiger partial charge in [0.25, 0.3) is 0 Å². The van der Waals surface area contributed by atoms with Gasteiger partial charge in [0.15, 0.2) is 5.78 Å². The number of methoxy groups -OCH3 is 1. The van der Waals surface area contributed by atoms with Crippen LogP contribution in [0.25, 0.3) is 0 Å². The summed E-state index contributed by atoms with van der Waals surface area (Å²) in [6.45, 7) is 3.98. The van der Waals surface area contributed by atoms with E-state index in [2.05, 4.69) is 0 Å². The highest BCUT2D eigenvalue weighted by Crippen LogP contribution is 2.19. The minimum absolute atomic E-state index is 0.136. The molecule has 2 aromatic carbocycles. The molecule has 0 unspecified atom stereocenters. The summed E-state index contributed by atoms with van der Waals surface area (Å²) in [5, 5.41) is 0. The van der Waals surface area contributed by atoms with Crippen molar-refractivity contribution in [2.75, 3.05) is 7.11 Å². The quantitative estimate of drug-likeness (QED) is 0.777. The largest absolute Gasteiger partial charge is 0.496 e. The topological polar surface area (TPSA) is 26.3 Å². The van der Waals surface area contributed by atoms with Gasteiger partial charge in [0.2, 0.25) is 0 Å². The van der Waals surface area contributed by atoms with E-state index in [1.54, 1.807) is 7.11 Å². The van der Waals surface area contributed by atoms with Crippen LogP contribution in [0.1, 0.15) is 27.0 Å². The molecule has 0 bridgehead atoms. The standard InChI is InChI=1S/C17H18O2/c1-12-5-4-6-14(9-12)11-16(18)15-7-8-17(19-3)13(2)10-15/h4-10H,11H2,1-3H3. The number of ether oxygens (including phenoxy) is 1. The number of hydrogen-bond donors (Lipinski definition) is 0. The highest BCUT2D eigenvalue weighted by molar-refractivity contribution is 5.97. The molecular formula is C17H18O2. The average molecular weight is 254 g/mol. The van der Waals surface area contributed by atoms with Crippen LogP contribution in [0.15, 0.2) is 42.5 Å². The van der Waals surface area contributed by atoms with Crippen LogP contribution >= 0.6 is 0 Å². The number of Topliss-reactive ketones (excluding diaryl/α,β-unsaturated/α-hetero) is 1. The van der Waals surface area contributed by atoms with Crippen LogP contribution in [0.2, 0.25) is 0 Å². The van der Waals surface area contributed by atoms with E-state index in [1.165, 1.54) is 5.56 Å². The molecule has 0 amide bonds. The molecule has 0 aliphatic carbocycles. The Kier molecular flexibility index (Phi) is 4.00. The summed E-state index contributed by atoms with van der Waals surface area (Å²) < 4.78 is 5.20. The van der Waals surface area contributed by atoms with Gasteiger partial charge in [0, 0.05) is 12.0 Å². The second-order valence-corrected chi connectivity index (χ2v) is 4.77. The van der Waals surface area contributed by atoms with Crippen molar-refractivity contribution >= 4 is 5.78 Å². The first-order valence-corrected chi connectivity index (χ1v) is 6.33. The molecule has 0 radical (unpaired) electrons. The maximum absolute atomic E-state index is 12.2. The minimum atomic E-state index is 0.136. The van der Waals surface area contributed by atoms with Crippen molar-refractivity contribution in [3.63, 3.8) is 0 Å². The molecule has 2 nitrogen and oxygen atoms in total. The second-order valence-electron chi connectivity index (χ2n) is 4.77. The lowest BCUT2D eigenvalue weighted by molar-refractivity contribution is 0.0993. The highest BCUT2D eigenvalue weighted by atomic mass is 16.5. The van der Waals surface area contributed by atoms with Gasteiger partial charge in [-0.25, -0.2) is 0 Å². The van der Waals surface area contributed by atoms with Gasteiger partial charge < -0.3 is 4.74 Å². The number of benzene rings is 2. The summed E-state index contributed by atoms with van der Waals surface area (Å²) in [5.74, 6) is 0.948. The Morgan fingerprint density at radius 3 is 2.53 bits per heavy atom. The average Bonchev–Trinajstić information content (AvgIpc) is 2.38. The first kappa shape index (κ1) is 13.3. The summed E-state index contributed by atoms with van der Waals surface area (Å²) in [4.78, 5) is 12.2. The van der Waals surface area contributed by atoms with Gasteiger partial charge in [-0.15, -0.1) is 0 Å². The zero-order valence-electron chi connectivity index (χ0n) is 11.6. The smallest absolute Gasteiger partial charge is 0.167 e. The summed E-state index contributed by atoms with van der Waals surface area (Å²) in [7, 11) is 1.64. The Bertz CT molecular complexity index is 600. The first-order valence-electron chi connectivity index (χ1n) is 6.33. The van der Waals surface area contributed by atoms with Crippen LogP contribution in [-0.2, 0) is 6.42 Å². The SMILES string of the molecule is COc1ccc(C(=O)Cc2cccc(C)c2)cc1C. The third-order valence-electron chi connectivity index (χ3n) is 3.16. The van der Waals surface area contributed by atoms with E-state index in [0.717, 1.165) is 22.4 Å².